The van der Waals surface area contributed by atoms with Gasteiger partial charge in [0.1, 0.15) is 34.7 Å². The number of ether oxygens (including phenoxy) is 5. The van der Waals surface area contributed by atoms with Crippen LogP contribution in [0.3, 0.4) is 0 Å². The first-order valence-electron chi connectivity index (χ1n) is 25.0. The van der Waals surface area contributed by atoms with Crippen molar-refractivity contribution < 1.29 is 68.7 Å². The van der Waals surface area contributed by atoms with Gasteiger partial charge in [-0.05, 0) is 130 Å². The Labute approximate surface area is 402 Å². The summed E-state index contributed by atoms with van der Waals surface area (Å²) in [5.74, 6) is -4.17. The third kappa shape index (κ3) is 8.83. The highest BCUT2D eigenvalue weighted by atomic mass is 16.6. The molecule has 1 saturated heterocycles. The zero-order chi connectivity index (χ0) is 48.6. The van der Waals surface area contributed by atoms with E-state index in [1.165, 1.54) is 0 Å². The van der Waals surface area contributed by atoms with Crippen LogP contribution in [-0.4, -0.2) is 143 Å². The Hall–Kier alpha value is -4.65. The van der Waals surface area contributed by atoms with Crippen LogP contribution in [0, 0.1) is 35.5 Å². The van der Waals surface area contributed by atoms with E-state index in [0.29, 0.717) is 69.1 Å². The number of methoxy groups -OCH3 is 1. The van der Waals surface area contributed by atoms with E-state index in [-0.39, 0.29) is 115 Å². The summed E-state index contributed by atoms with van der Waals surface area (Å²) in [4.78, 5) is 47.9. The number of piperidine rings is 1. The molecule has 6 aliphatic rings. The van der Waals surface area contributed by atoms with E-state index in [9.17, 15) is 45.0 Å². The van der Waals surface area contributed by atoms with Crippen LogP contribution in [0.25, 0.3) is 16.5 Å². The lowest BCUT2D eigenvalue weighted by atomic mass is 9.54. The summed E-state index contributed by atoms with van der Waals surface area (Å²) in [7, 11) is 1.69. The van der Waals surface area contributed by atoms with E-state index in [4.69, 9.17) is 23.7 Å². The number of aromatic nitrogens is 1. The van der Waals surface area contributed by atoms with Gasteiger partial charge >= 0.3 is 5.97 Å². The van der Waals surface area contributed by atoms with Crippen LogP contribution in [-0.2, 0) is 43.3 Å². The highest BCUT2D eigenvalue weighted by Crippen LogP contribution is 2.60. The largest absolute Gasteiger partial charge is 0.492 e. The SMILES string of the molecule is CCOC(=O)C1=C(C=O)/C2=C3\C[C@H](CO)C(=O)[C@H](C3)c3cc4cc[nH]c4cc3CC[C@@H](CO)COc3c4c(c(CO)c(c32)O1)O[C@H]([C@@]1(O)[C@H](CCCO)[C@@H](CO)C[C@H]2CN(CCCOC)CC[C@@H]21)C4. The fourth-order valence-corrected chi connectivity index (χ4v) is 13.1. The Morgan fingerprint density at radius 2 is 1.87 bits per heavy atom. The minimum atomic E-state index is -1.54. The van der Waals surface area contributed by atoms with E-state index in [1.54, 1.807) is 14.0 Å². The summed E-state index contributed by atoms with van der Waals surface area (Å²) in [5.41, 5.74) is 2.64. The first-order valence-corrected chi connectivity index (χ1v) is 25.0. The second-order valence-corrected chi connectivity index (χ2v) is 20.0. The Morgan fingerprint density at radius 1 is 1.03 bits per heavy atom. The molecule has 374 valence electrons. The highest BCUT2D eigenvalue weighted by molar-refractivity contribution is 6.11. The molecular weight excluding hydrogens is 889 g/mol. The molecule has 7 N–H and O–H groups in total. The number of nitrogens with zero attached hydrogens (tertiary/aromatic N) is 1. The van der Waals surface area contributed by atoms with Gasteiger partial charge in [0.15, 0.2) is 6.29 Å². The maximum absolute atomic E-state index is 14.6. The van der Waals surface area contributed by atoms with Gasteiger partial charge in [-0.3, -0.25) is 9.59 Å². The van der Waals surface area contributed by atoms with Gasteiger partial charge in [-0.15, -0.1) is 0 Å². The molecule has 16 heteroatoms. The predicted octanol–water partition coefficient (Wildman–Crippen LogP) is 3.92. The van der Waals surface area contributed by atoms with Crippen LogP contribution in [0.5, 0.6) is 17.2 Å². The topological polar surface area (TPSA) is 238 Å². The van der Waals surface area contributed by atoms with Gasteiger partial charge < -0.3 is 64.2 Å². The molecule has 0 unspecified atom stereocenters. The van der Waals surface area contributed by atoms with Gasteiger partial charge in [-0.2, -0.15) is 0 Å². The number of benzene rings is 2. The van der Waals surface area contributed by atoms with Gasteiger partial charge in [-0.1, -0.05) is 5.57 Å². The Balaban J connectivity index is 1.25. The first-order chi connectivity index (χ1) is 33.6. The normalized spacial score (nSPS) is 30.1. The molecule has 2 bridgehead atoms. The van der Waals surface area contributed by atoms with Crippen molar-refractivity contribution in [3.8, 4) is 17.2 Å². The van der Waals surface area contributed by atoms with Crippen molar-refractivity contribution in [2.75, 3.05) is 73.0 Å². The molecule has 2 aliphatic carbocycles. The molecule has 4 aliphatic heterocycles. The molecule has 9 atom stereocenters. The van der Waals surface area contributed by atoms with Crippen molar-refractivity contribution in [2.24, 2.45) is 35.5 Å². The molecule has 3 aromatic rings. The van der Waals surface area contributed by atoms with E-state index in [0.717, 1.165) is 41.5 Å². The molecule has 16 nitrogen and oxygen atoms in total. The number of allylic oxidation sites excluding steroid dienone is 3. The monoisotopic (exact) mass is 956 g/mol. The lowest BCUT2D eigenvalue weighted by Gasteiger charge is -2.57. The number of aliphatic hydroxyl groups excluding tert-OH is 5. The zero-order valence-electron chi connectivity index (χ0n) is 39.8. The highest BCUT2D eigenvalue weighted by Gasteiger charge is 2.61. The maximum atomic E-state index is 14.6. The molecule has 0 amide bonds. The third-order valence-corrected chi connectivity index (χ3v) is 16.3. The molecule has 69 heavy (non-hydrogen) atoms. The van der Waals surface area contributed by atoms with Crippen LogP contribution in [0.2, 0.25) is 0 Å². The first kappa shape index (κ1) is 49.3. The smallest absolute Gasteiger partial charge is 0.375 e. The Morgan fingerprint density at radius 3 is 2.59 bits per heavy atom. The van der Waals surface area contributed by atoms with Gasteiger partial charge in [0.2, 0.25) is 5.76 Å². The minimum absolute atomic E-state index is 0.00634. The number of aromatic amines is 1. The van der Waals surface area contributed by atoms with Crippen molar-refractivity contribution in [3.05, 3.63) is 69.1 Å². The van der Waals surface area contributed by atoms with Gasteiger partial charge in [0.25, 0.3) is 0 Å². The lowest BCUT2D eigenvalue weighted by Crippen LogP contribution is -2.66. The number of ketones is 1. The minimum Gasteiger partial charge on any atom is -0.492 e. The average molecular weight is 957 g/mol. The number of aryl methyl sites for hydroxylation is 1. The second-order valence-electron chi connectivity index (χ2n) is 20.0. The number of H-pyrrole nitrogens is 1. The van der Waals surface area contributed by atoms with E-state index in [1.807, 2.05) is 24.4 Å². The molecule has 1 aromatic heterocycles. The number of carbonyl (C=O) groups is 3. The Kier molecular flexibility index (Phi) is 15.0. The van der Waals surface area contributed by atoms with Crippen molar-refractivity contribution >= 4 is 34.5 Å². The third-order valence-electron chi connectivity index (χ3n) is 16.3. The number of fused-ring (bicyclic) bond motifs is 8. The molecular formula is C53H68N2O14. The molecule has 3 fully saturated rings. The number of likely N-dealkylation sites (tertiary alicyclic amines) is 1. The quantitative estimate of drug-likeness (QED) is 0.0650. The van der Waals surface area contributed by atoms with Crippen LogP contribution >= 0.6 is 0 Å². The molecule has 2 saturated carbocycles. The number of hydrogen-bond donors (Lipinski definition) is 7. The van der Waals surface area contributed by atoms with Crippen molar-refractivity contribution in [3.63, 3.8) is 0 Å². The number of hydrogen-bond acceptors (Lipinski definition) is 15. The molecule has 2 aromatic carbocycles. The average Bonchev–Trinajstić information content (AvgIpc) is 4.03. The lowest BCUT2D eigenvalue weighted by molar-refractivity contribution is -0.207. The fraction of sp³-hybridized carbons (Fsp3) is 0.604. The summed E-state index contributed by atoms with van der Waals surface area (Å²) < 4.78 is 31.4. The van der Waals surface area contributed by atoms with Crippen molar-refractivity contribution in [1.29, 1.82) is 0 Å². The van der Waals surface area contributed by atoms with Crippen molar-refractivity contribution in [1.82, 2.24) is 9.88 Å². The van der Waals surface area contributed by atoms with Crippen LogP contribution in [0.15, 0.2) is 41.3 Å². The summed E-state index contributed by atoms with van der Waals surface area (Å²) in [5, 5.41) is 69.2. The summed E-state index contributed by atoms with van der Waals surface area (Å²) in [6.07, 6.45) is 5.66. The van der Waals surface area contributed by atoms with E-state index >= 15 is 0 Å². The van der Waals surface area contributed by atoms with Crippen LogP contribution in [0.1, 0.15) is 92.0 Å². The van der Waals surface area contributed by atoms with Crippen LogP contribution in [0.4, 0.5) is 0 Å². The number of nitrogens with one attached hydrogen (secondary N) is 1. The number of rotatable bonds is 15. The zero-order valence-corrected chi connectivity index (χ0v) is 39.8. The number of carbonyl (C=O) groups excluding carboxylic acids is 3. The number of Topliss-reactive ketones (excluding diaryl/α,β-unsaturated/α-hetero) is 1. The van der Waals surface area contributed by atoms with Crippen molar-refractivity contribution in [2.45, 2.75) is 95.4 Å². The van der Waals surface area contributed by atoms with E-state index < -0.39 is 60.3 Å². The maximum Gasteiger partial charge on any atom is 0.375 e. The predicted molar refractivity (Wildman–Crippen MR) is 252 cm³/mol. The fourth-order valence-electron chi connectivity index (χ4n) is 13.1. The summed E-state index contributed by atoms with van der Waals surface area (Å²) in [6.45, 7) is 2.85. The molecule has 0 spiro atoms. The van der Waals surface area contributed by atoms with Crippen LogP contribution < -0.4 is 14.2 Å². The van der Waals surface area contributed by atoms with Gasteiger partial charge in [0, 0.05) is 93.7 Å². The number of aldehydes is 1. The molecule has 5 heterocycles. The van der Waals surface area contributed by atoms with Gasteiger partial charge in [0.05, 0.1) is 43.1 Å². The number of aliphatic hydroxyl groups is 6. The summed E-state index contributed by atoms with van der Waals surface area (Å²) >= 11 is 0. The molecule has 0 radical (unpaired) electrons. The summed E-state index contributed by atoms with van der Waals surface area (Å²) in [6, 6.07) is 5.95. The standard InChI is InChI=1S/C53H68N2O14/c1-3-66-52(63)51-39(26-60)45-32-16-35(25-59)47(62)37(19-32)36-18-31-9-11-54-43(31)20-30(36)8-7-29(23-57)28-67-49-38-21-44(68-48(38)40(27-61)50(69-51)46(45)49)53(64)41(6-4-14-56)34(24-58)17-33-22-55(12-5-15-65-2)13-10-42(33)53/h9,11,18,20,26,29,33-35,37,41-42,44,54,56-59,61,64H,3-8,10,12-17,19,21-25,27-28H2,1-2H3/b45-32-/t29-,33-,34+,35+,37+,41+,42-,44-,53+/m0/s1. The number of esters is 1. The van der Waals surface area contributed by atoms with Gasteiger partial charge in [-0.25, -0.2) is 4.79 Å². The second kappa shape index (κ2) is 21.0. The van der Waals surface area contributed by atoms with E-state index in [2.05, 4.69) is 9.88 Å². The molecule has 9 rings (SSSR count). The Bertz CT molecular complexity index is 2480.